The monoisotopic (exact) mass is 348 g/mol. The fourth-order valence-electron chi connectivity index (χ4n) is 2.69. The molecular weight excluding hydrogens is 331 g/mol. The smallest absolute Gasteiger partial charge is 0.120 e. The van der Waals surface area contributed by atoms with Gasteiger partial charge in [0.15, 0.2) is 0 Å². The molecule has 0 radical (unpaired) electrons. The fourth-order valence-corrected chi connectivity index (χ4v) is 3.42. The van der Waals surface area contributed by atoms with Crippen LogP contribution < -0.4 is 10.1 Å². The maximum absolute atomic E-state index is 6.26. The highest BCUT2D eigenvalue weighted by Gasteiger charge is 2.08. The highest BCUT2D eigenvalue weighted by atomic mass is 35.5. The summed E-state index contributed by atoms with van der Waals surface area (Å²) in [5, 5.41) is 5.84. The molecule has 2 N–H and O–H groups in total. The number of methoxy groups -OCH3 is 1. The number of nitrogens with one attached hydrogen (secondary N) is 2. The Morgan fingerprint density at radius 1 is 1.13 bits per heavy atom. The molecule has 2 aromatic carbocycles. The average molecular weight is 349 g/mol. The van der Waals surface area contributed by atoms with Gasteiger partial charge in [-0.15, -0.1) is 0 Å². The second kappa shape index (κ2) is 6.73. The summed E-state index contributed by atoms with van der Waals surface area (Å²) in [5.41, 5.74) is 4.16. The lowest BCUT2D eigenvalue weighted by Crippen LogP contribution is -2.05. The zero-order valence-corrected chi connectivity index (χ0v) is 14.6. The van der Waals surface area contributed by atoms with Crippen LogP contribution in [-0.2, 0) is 6.42 Å². The molecule has 5 heteroatoms. The number of hydrogen-bond acceptors (Lipinski definition) is 2. The van der Waals surface area contributed by atoms with Crippen LogP contribution in [0, 0.1) is 6.92 Å². The van der Waals surface area contributed by atoms with Crippen molar-refractivity contribution in [3.63, 3.8) is 0 Å². The molecule has 0 fully saturated rings. The van der Waals surface area contributed by atoms with E-state index in [9.17, 15) is 0 Å². The van der Waals surface area contributed by atoms with E-state index < -0.39 is 0 Å². The second-order valence-electron chi connectivity index (χ2n) is 5.51. The lowest BCUT2D eigenvalue weighted by molar-refractivity contribution is 0.415. The quantitative estimate of drug-likeness (QED) is 0.643. The molecule has 0 spiro atoms. The van der Waals surface area contributed by atoms with Gasteiger partial charge in [0, 0.05) is 29.7 Å². The first-order valence-corrected chi connectivity index (χ1v) is 8.17. The molecule has 1 heterocycles. The van der Waals surface area contributed by atoms with Gasteiger partial charge < -0.3 is 15.0 Å². The fraction of sp³-hybridized carbons (Fsp3) is 0.222. The summed E-state index contributed by atoms with van der Waals surface area (Å²) in [7, 11) is 1.67. The average Bonchev–Trinajstić information content (AvgIpc) is 2.92. The molecule has 0 saturated heterocycles. The van der Waals surface area contributed by atoms with Gasteiger partial charge in [0.2, 0.25) is 0 Å². The van der Waals surface area contributed by atoms with E-state index in [0.29, 0.717) is 10.0 Å². The minimum absolute atomic E-state index is 0.652. The van der Waals surface area contributed by atoms with Crippen molar-refractivity contribution >= 4 is 39.8 Å². The third-order valence-corrected chi connectivity index (χ3v) is 4.45. The van der Waals surface area contributed by atoms with Crippen LogP contribution in [0.4, 0.5) is 5.69 Å². The van der Waals surface area contributed by atoms with Crippen molar-refractivity contribution in [3.8, 4) is 5.75 Å². The number of hydrogen-bond donors (Lipinski definition) is 2. The van der Waals surface area contributed by atoms with Crippen molar-refractivity contribution in [1.29, 1.82) is 0 Å². The molecule has 0 unspecified atom stereocenters. The standard InChI is InChI=1S/C18H18Cl2N2O/c1-11-7-15(19)18(16(20)8-11)21-6-5-12-10-22-17-9-13(23-2)3-4-14(12)17/h3-4,7-10,21-22H,5-6H2,1-2H3. The van der Waals surface area contributed by atoms with Gasteiger partial charge in [-0.1, -0.05) is 23.2 Å². The molecule has 0 saturated carbocycles. The summed E-state index contributed by atoms with van der Waals surface area (Å²) in [5.74, 6) is 0.849. The van der Waals surface area contributed by atoms with Crippen molar-refractivity contribution in [3.05, 3.63) is 57.7 Å². The normalized spacial score (nSPS) is 11.0. The largest absolute Gasteiger partial charge is 0.497 e. The highest BCUT2D eigenvalue weighted by molar-refractivity contribution is 6.39. The Balaban J connectivity index is 1.72. The molecule has 120 valence electrons. The molecule has 3 nitrogen and oxygen atoms in total. The molecule has 23 heavy (non-hydrogen) atoms. The molecule has 0 aliphatic carbocycles. The van der Waals surface area contributed by atoms with Gasteiger partial charge in [0.25, 0.3) is 0 Å². The summed E-state index contributed by atoms with van der Waals surface area (Å²) < 4.78 is 5.24. The molecule has 1 aromatic heterocycles. The lowest BCUT2D eigenvalue weighted by Gasteiger charge is -2.11. The second-order valence-corrected chi connectivity index (χ2v) is 6.32. The summed E-state index contributed by atoms with van der Waals surface area (Å²) in [6.45, 7) is 2.73. The van der Waals surface area contributed by atoms with Gasteiger partial charge in [-0.05, 0) is 48.7 Å². The number of fused-ring (bicyclic) bond motifs is 1. The predicted octanol–water partition coefficient (Wildman–Crippen LogP) is 5.45. The van der Waals surface area contributed by atoms with Crippen molar-refractivity contribution in [2.24, 2.45) is 0 Å². The maximum Gasteiger partial charge on any atom is 0.120 e. The van der Waals surface area contributed by atoms with E-state index in [1.54, 1.807) is 7.11 Å². The number of aromatic nitrogens is 1. The van der Waals surface area contributed by atoms with Gasteiger partial charge in [-0.25, -0.2) is 0 Å². The van der Waals surface area contributed by atoms with Crippen LogP contribution in [0.15, 0.2) is 36.5 Å². The summed E-state index contributed by atoms with van der Waals surface area (Å²) in [4.78, 5) is 3.28. The van der Waals surface area contributed by atoms with Crippen LogP contribution in [-0.4, -0.2) is 18.6 Å². The Morgan fingerprint density at radius 2 is 1.87 bits per heavy atom. The lowest BCUT2D eigenvalue weighted by atomic mass is 10.1. The van der Waals surface area contributed by atoms with E-state index in [1.165, 1.54) is 10.9 Å². The first-order valence-electron chi connectivity index (χ1n) is 7.42. The first-order chi connectivity index (χ1) is 11.1. The van der Waals surface area contributed by atoms with Gasteiger partial charge >= 0.3 is 0 Å². The minimum atomic E-state index is 0.652. The van der Waals surface area contributed by atoms with Gasteiger partial charge in [0.1, 0.15) is 5.75 Å². The zero-order chi connectivity index (χ0) is 16.4. The number of ether oxygens (including phenoxy) is 1. The number of anilines is 1. The highest BCUT2D eigenvalue weighted by Crippen LogP contribution is 2.31. The van der Waals surface area contributed by atoms with Gasteiger partial charge in [-0.2, -0.15) is 0 Å². The summed E-state index contributed by atoms with van der Waals surface area (Å²) in [6, 6.07) is 9.87. The molecule has 0 aliphatic heterocycles. The number of aryl methyl sites for hydroxylation is 1. The van der Waals surface area contributed by atoms with Crippen LogP contribution in [0.25, 0.3) is 10.9 Å². The molecule has 0 bridgehead atoms. The number of benzene rings is 2. The van der Waals surface area contributed by atoms with Crippen LogP contribution in [0.5, 0.6) is 5.75 Å². The van der Waals surface area contributed by atoms with E-state index >= 15 is 0 Å². The van der Waals surface area contributed by atoms with E-state index in [4.69, 9.17) is 27.9 Å². The SMILES string of the molecule is COc1ccc2c(CCNc3c(Cl)cc(C)cc3Cl)c[nH]c2c1. The molecule has 0 amide bonds. The maximum atomic E-state index is 6.26. The Morgan fingerprint density at radius 3 is 2.57 bits per heavy atom. The Labute approximate surface area is 145 Å². The Kier molecular flexibility index (Phi) is 4.69. The molecule has 3 aromatic rings. The number of halogens is 2. The predicted molar refractivity (Wildman–Crippen MR) is 98.2 cm³/mol. The Bertz CT molecular complexity index is 819. The number of rotatable bonds is 5. The number of aromatic amines is 1. The van der Waals surface area contributed by atoms with Crippen LogP contribution in [0.1, 0.15) is 11.1 Å². The molecule has 0 atom stereocenters. The molecule has 0 aliphatic rings. The third-order valence-electron chi connectivity index (χ3n) is 3.86. The first kappa shape index (κ1) is 16.0. The molecular formula is C18H18Cl2N2O. The zero-order valence-electron chi connectivity index (χ0n) is 13.0. The van der Waals surface area contributed by atoms with Crippen LogP contribution in [0.3, 0.4) is 0 Å². The van der Waals surface area contributed by atoms with Crippen LogP contribution in [0.2, 0.25) is 10.0 Å². The van der Waals surface area contributed by atoms with Crippen molar-refractivity contribution < 1.29 is 4.74 Å². The summed E-state index contributed by atoms with van der Waals surface area (Å²) in [6.07, 6.45) is 2.90. The van der Waals surface area contributed by atoms with Crippen LogP contribution >= 0.6 is 23.2 Å². The van der Waals surface area contributed by atoms with Crippen molar-refractivity contribution in [2.75, 3.05) is 19.0 Å². The van der Waals surface area contributed by atoms with Gasteiger partial charge in [0.05, 0.1) is 22.8 Å². The van der Waals surface area contributed by atoms with Crippen molar-refractivity contribution in [1.82, 2.24) is 4.98 Å². The minimum Gasteiger partial charge on any atom is -0.497 e. The topological polar surface area (TPSA) is 37.0 Å². The Hall–Kier alpha value is -1.84. The van der Waals surface area contributed by atoms with Gasteiger partial charge in [-0.3, -0.25) is 0 Å². The molecule has 3 rings (SSSR count). The summed E-state index contributed by atoms with van der Waals surface area (Å²) >= 11 is 12.5. The van der Waals surface area contributed by atoms with E-state index in [-0.39, 0.29) is 0 Å². The third kappa shape index (κ3) is 3.41. The van der Waals surface area contributed by atoms with E-state index in [2.05, 4.69) is 16.4 Å². The van der Waals surface area contributed by atoms with E-state index in [1.807, 2.05) is 37.4 Å². The van der Waals surface area contributed by atoms with E-state index in [0.717, 1.165) is 35.5 Å². The number of H-pyrrole nitrogens is 1. The van der Waals surface area contributed by atoms with Crippen molar-refractivity contribution in [2.45, 2.75) is 13.3 Å².